The highest BCUT2D eigenvalue weighted by Crippen LogP contribution is 2.35. The van der Waals surface area contributed by atoms with Gasteiger partial charge in [0.15, 0.2) is 5.58 Å². The molecule has 3 aromatic rings. The molecule has 174 valence electrons. The molecule has 1 amide bonds. The largest absolute Gasteiger partial charge is 0.420 e. The van der Waals surface area contributed by atoms with Gasteiger partial charge in [-0.3, -0.25) is 9.36 Å². The molecule has 1 saturated heterocycles. The molecule has 2 aliphatic heterocycles. The lowest BCUT2D eigenvalue weighted by Gasteiger charge is -2.32. The number of piperidine rings is 1. The third-order valence-electron chi connectivity index (χ3n) is 6.51. The smallest absolute Gasteiger partial charge is 0.408 e. The Morgan fingerprint density at radius 3 is 2.45 bits per heavy atom. The number of fused-ring (bicyclic) bond motifs is 2. The number of hydrogen-bond acceptors (Lipinski definition) is 6. The van der Waals surface area contributed by atoms with Gasteiger partial charge in [-0.1, -0.05) is 29.8 Å². The van der Waals surface area contributed by atoms with Crippen LogP contribution in [-0.4, -0.2) is 54.3 Å². The number of hydrogen-bond donors (Lipinski definition) is 0. The number of likely N-dealkylation sites (tertiary alicyclic amines) is 1. The van der Waals surface area contributed by atoms with Crippen LogP contribution in [0.1, 0.15) is 42.1 Å². The molecule has 0 aliphatic carbocycles. The summed E-state index contributed by atoms with van der Waals surface area (Å²) >= 11 is 6.06. The number of unbranched alkanes of at least 4 members (excludes halogenated alkanes) is 1. The number of carbonyl (C=O) groups excluding carboxylic acids is 1. The van der Waals surface area contributed by atoms with Crippen molar-refractivity contribution < 1.29 is 17.6 Å². The van der Waals surface area contributed by atoms with Crippen LogP contribution in [0.2, 0.25) is 5.02 Å². The van der Waals surface area contributed by atoms with Crippen molar-refractivity contribution in [3.63, 3.8) is 0 Å². The van der Waals surface area contributed by atoms with Crippen molar-refractivity contribution in [2.24, 2.45) is 0 Å². The van der Waals surface area contributed by atoms with Crippen molar-refractivity contribution in [3.8, 4) is 0 Å². The number of para-hydroxylation sites is 2. The third kappa shape index (κ3) is 3.88. The fourth-order valence-corrected chi connectivity index (χ4v) is 6.76. The molecule has 10 heteroatoms. The molecule has 0 spiro atoms. The van der Waals surface area contributed by atoms with E-state index in [-0.39, 0.29) is 33.8 Å². The Kier molecular flexibility index (Phi) is 5.80. The highest BCUT2D eigenvalue weighted by atomic mass is 35.5. The molecule has 1 fully saturated rings. The number of halogens is 1. The predicted octanol–water partition coefficient (Wildman–Crippen LogP) is 3.51. The van der Waals surface area contributed by atoms with Crippen molar-refractivity contribution in [1.29, 1.82) is 0 Å². The van der Waals surface area contributed by atoms with Gasteiger partial charge in [0.05, 0.1) is 16.1 Å². The Morgan fingerprint density at radius 2 is 1.70 bits per heavy atom. The van der Waals surface area contributed by atoms with Crippen LogP contribution in [0.15, 0.2) is 56.6 Å². The number of rotatable bonds is 6. The van der Waals surface area contributed by atoms with Gasteiger partial charge in [-0.15, -0.1) is 0 Å². The zero-order valence-electron chi connectivity index (χ0n) is 17.9. The maximum absolute atomic E-state index is 12.7. The summed E-state index contributed by atoms with van der Waals surface area (Å²) in [5, 5.41) is 0.163. The molecule has 0 N–H and O–H groups in total. The van der Waals surface area contributed by atoms with Crippen LogP contribution in [0.5, 0.6) is 0 Å². The first-order chi connectivity index (χ1) is 15.9. The SMILES string of the molecule is O=C1c2c(Cl)cccc2S(=O)(=O)N1CCCCN1CCC(n2c(=O)oc3ccccc32)CC1. The maximum Gasteiger partial charge on any atom is 0.420 e. The van der Waals surface area contributed by atoms with Crippen LogP contribution >= 0.6 is 11.6 Å². The molecule has 2 aromatic carbocycles. The second-order valence-electron chi connectivity index (χ2n) is 8.48. The summed E-state index contributed by atoms with van der Waals surface area (Å²) < 4.78 is 33.5. The number of amides is 1. The van der Waals surface area contributed by atoms with Gasteiger partial charge in [0, 0.05) is 25.7 Å². The van der Waals surface area contributed by atoms with E-state index in [1.54, 1.807) is 16.7 Å². The fourth-order valence-electron chi connectivity index (χ4n) is 4.82. The average Bonchev–Trinajstić information content (AvgIpc) is 3.23. The Labute approximate surface area is 196 Å². The quantitative estimate of drug-likeness (QED) is 0.492. The Morgan fingerprint density at radius 1 is 0.970 bits per heavy atom. The lowest BCUT2D eigenvalue weighted by Crippen LogP contribution is -2.37. The zero-order chi connectivity index (χ0) is 23.2. The van der Waals surface area contributed by atoms with Gasteiger partial charge in [-0.2, -0.15) is 0 Å². The van der Waals surface area contributed by atoms with Crippen molar-refractivity contribution in [3.05, 3.63) is 63.6 Å². The molecule has 1 aromatic heterocycles. The molecule has 0 radical (unpaired) electrons. The van der Waals surface area contributed by atoms with Crippen LogP contribution in [0.4, 0.5) is 0 Å². The Hall–Kier alpha value is -2.62. The van der Waals surface area contributed by atoms with E-state index in [0.717, 1.165) is 48.7 Å². The number of carbonyl (C=O) groups is 1. The molecule has 0 bridgehead atoms. The molecule has 8 nitrogen and oxygen atoms in total. The van der Waals surface area contributed by atoms with Crippen molar-refractivity contribution in [2.45, 2.75) is 36.6 Å². The lowest BCUT2D eigenvalue weighted by molar-refractivity contribution is 0.0868. The van der Waals surface area contributed by atoms with Crippen LogP contribution in [0, 0.1) is 0 Å². The van der Waals surface area contributed by atoms with E-state index in [2.05, 4.69) is 4.90 Å². The molecule has 33 heavy (non-hydrogen) atoms. The molecular formula is C23H24ClN3O5S. The van der Waals surface area contributed by atoms with Gasteiger partial charge in [0.2, 0.25) is 0 Å². The van der Waals surface area contributed by atoms with Crippen molar-refractivity contribution in [2.75, 3.05) is 26.2 Å². The Balaban J connectivity index is 1.14. The van der Waals surface area contributed by atoms with Crippen LogP contribution in [0.25, 0.3) is 11.1 Å². The van der Waals surface area contributed by atoms with E-state index >= 15 is 0 Å². The number of nitrogens with zero attached hydrogens (tertiary/aromatic N) is 3. The third-order valence-corrected chi connectivity index (χ3v) is 8.65. The second kappa shape index (κ2) is 8.62. The molecule has 5 rings (SSSR count). The van der Waals surface area contributed by atoms with E-state index in [1.807, 2.05) is 18.2 Å². The minimum atomic E-state index is -3.83. The van der Waals surface area contributed by atoms with Crippen molar-refractivity contribution >= 4 is 38.6 Å². The van der Waals surface area contributed by atoms with Gasteiger partial charge in [-0.05, 0) is 56.5 Å². The molecular weight excluding hydrogens is 466 g/mol. The first-order valence-corrected chi connectivity index (χ1v) is 12.9. The Bertz CT molecular complexity index is 1370. The fraction of sp³-hybridized carbons (Fsp3) is 0.391. The van der Waals surface area contributed by atoms with E-state index in [4.69, 9.17) is 16.0 Å². The highest BCUT2D eigenvalue weighted by Gasteiger charge is 2.42. The summed E-state index contributed by atoms with van der Waals surface area (Å²) in [5.74, 6) is -0.860. The lowest BCUT2D eigenvalue weighted by atomic mass is 10.0. The first-order valence-electron chi connectivity index (χ1n) is 11.1. The second-order valence-corrected chi connectivity index (χ2v) is 10.7. The van der Waals surface area contributed by atoms with E-state index < -0.39 is 15.9 Å². The summed E-state index contributed by atoms with van der Waals surface area (Å²) in [7, 11) is -3.83. The van der Waals surface area contributed by atoms with Gasteiger partial charge in [0.1, 0.15) is 4.90 Å². The summed E-state index contributed by atoms with van der Waals surface area (Å²) in [6.45, 7) is 2.64. The number of benzene rings is 2. The van der Waals surface area contributed by atoms with Crippen LogP contribution in [0.3, 0.4) is 0 Å². The van der Waals surface area contributed by atoms with Gasteiger partial charge in [0.25, 0.3) is 15.9 Å². The highest BCUT2D eigenvalue weighted by molar-refractivity contribution is 7.90. The standard InChI is InChI=1S/C23H24ClN3O5S/c24-17-6-5-9-20-21(17)22(28)26(33(20,30)31)13-4-3-12-25-14-10-16(11-15-25)27-18-7-1-2-8-19(18)32-23(27)29/h1-2,5-9,16H,3-4,10-15H2. The van der Waals surface area contributed by atoms with Gasteiger partial charge < -0.3 is 9.32 Å². The molecule has 3 heterocycles. The average molecular weight is 490 g/mol. The number of sulfonamides is 1. The predicted molar refractivity (Wildman–Crippen MR) is 124 cm³/mol. The van der Waals surface area contributed by atoms with E-state index in [0.29, 0.717) is 12.0 Å². The number of aromatic nitrogens is 1. The van der Waals surface area contributed by atoms with E-state index in [9.17, 15) is 18.0 Å². The maximum atomic E-state index is 12.7. The van der Waals surface area contributed by atoms with Crippen LogP contribution in [-0.2, 0) is 10.0 Å². The first kappa shape index (κ1) is 22.2. The monoisotopic (exact) mass is 489 g/mol. The van der Waals surface area contributed by atoms with E-state index in [1.165, 1.54) is 12.1 Å². The van der Waals surface area contributed by atoms with Crippen molar-refractivity contribution in [1.82, 2.24) is 13.8 Å². The molecule has 0 unspecified atom stereocenters. The summed E-state index contributed by atoms with van der Waals surface area (Å²) in [6, 6.07) is 12.1. The summed E-state index contributed by atoms with van der Waals surface area (Å²) in [5.41, 5.74) is 1.52. The normalized spacial score (nSPS) is 18.8. The van der Waals surface area contributed by atoms with Crippen LogP contribution < -0.4 is 5.76 Å². The molecule has 0 saturated carbocycles. The number of oxazole rings is 1. The zero-order valence-corrected chi connectivity index (χ0v) is 19.5. The minimum absolute atomic E-state index is 0.0101. The molecule has 0 atom stereocenters. The minimum Gasteiger partial charge on any atom is -0.408 e. The van der Waals surface area contributed by atoms with Gasteiger partial charge >= 0.3 is 5.76 Å². The molecule has 2 aliphatic rings. The summed E-state index contributed by atoms with van der Waals surface area (Å²) in [6.07, 6.45) is 3.03. The topological polar surface area (TPSA) is 92.8 Å². The van der Waals surface area contributed by atoms with Gasteiger partial charge in [-0.25, -0.2) is 17.5 Å². The summed E-state index contributed by atoms with van der Waals surface area (Å²) in [4.78, 5) is 27.3.